The topological polar surface area (TPSA) is 81.5 Å². The van der Waals surface area contributed by atoms with Crippen molar-refractivity contribution in [2.75, 3.05) is 13.7 Å². The molecule has 0 heterocycles. The van der Waals surface area contributed by atoms with E-state index >= 15 is 0 Å². The molecule has 16 heavy (non-hydrogen) atoms. The minimum Gasteiger partial charge on any atom is -0.506 e. The zero-order valence-corrected chi connectivity index (χ0v) is 11.3. The number of nitrogens with two attached hydrogens (primary N) is 2. The van der Waals surface area contributed by atoms with Crippen molar-refractivity contribution in [2.45, 2.75) is 12.5 Å². The van der Waals surface area contributed by atoms with Crippen LogP contribution < -0.4 is 16.2 Å². The number of hydrogen-bond acceptors (Lipinski definition) is 4. The Bertz CT molecular complexity index is 350. The molecule has 0 aliphatic carbocycles. The molecule has 6 heteroatoms. The van der Waals surface area contributed by atoms with Crippen molar-refractivity contribution in [3.8, 4) is 11.5 Å². The zero-order chi connectivity index (χ0) is 11.4. The maximum absolute atomic E-state index is 9.79. The third-order valence-electron chi connectivity index (χ3n) is 2.18. The number of rotatable bonds is 4. The Balaban J connectivity index is 0.00000225. The number of phenols is 1. The summed E-state index contributed by atoms with van der Waals surface area (Å²) in [6, 6.07) is 3.13. The lowest BCUT2D eigenvalue weighted by molar-refractivity contribution is 0.408. The minimum absolute atomic E-state index is 0. The van der Waals surface area contributed by atoms with E-state index in [9.17, 15) is 5.11 Å². The van der Waals surface area contributed by atoms with Crippen LogP contribution in [0, 0.1) is 0 Å². The molecule has 1 aromatic rings. The highest BCUT2D eigenvalue weighted by atomic mass is 79.9. The van der Waals surface area contributed by atoms with Crippen molar-refractivity contribution in [2.24, 2.45) is 11.5 Å². The first kappa shape index (κ1) is 15.5. The van der Waals surface area contributed by atoms with Gasteiger partial charge >= 0.3 is 0 Å². The van der Waals surface area contributed by atoms with Crippen molar-refractivity contribution >= 4 is 28.3 Å². The Hall–Kier alpha value is -0.490. The van der Waals surface area contributed by atoms with Crippen molar-refractivity contribution in [3.05, 3.63) is 22.2 Å². The molecule has 1 atom stereocenters. The van der Waals surface area contributed by atoms with Crippen LogP contribution in [0.15, 0.2) is 16.6 Å². The van der Waals surface area contributed by atoms with Crippen molar-refractivity contribution in [3.63, 3.8) is 0 Å². The Kier molecular flexibility index (Phi) is 6.74. The molecule has 0 amide bonds. The lowest BCUT2D eigenvalue weighted by Crippen LogP contribution is -2.15. The summed E-state index contributed by atoms with van der Waals surface area (Å²) < 4.78 is 5.66. The van der Waals surface area contributed by atoms with Gasteiger partial charge in [0.05, 0.1) is 11.6 Å². The Morgan fingerprint density at radius 1 is 1.50 bits per heavy atom. The molecule has 0 aliphatic heterocycles. The Labute approximate surface area is 109 Å². The SMILES string of the molecule is COc1cc(Br)c(O)c([C@H](N)CCN)c1.Cl. The van der Waals surface area contributed by atoms with E-state index in [1.54, 1.807) is 19.2 Å². The summed E-state index contributed by atoms with van der Waals surface area (Å²) in [7, 11) is 1.57. The maximum atomic E-state index is 9.79. The van der Waals surface area contributed by atoms with Gasteiger partial charge in [-0.15, -0.1) is 12.4 Å². The second-order valence-corrected chi connectivity index (χ2v) is 4.09. The molecular weight excluding hydrogens is 295 g/mol. The number of hydrogen-bond donors (Lipinski definition) is 3. The van der Waals surface area contributed by atoms with Gasteiger partial charge in [0.15, 0.2) is 0 Å². The number of aromatic hydroxyl groups is 1. The molecule has 0 bridgehead atoms. The highest BCUT2D eigenvalue weighted by Gasteiger charge is 2.14. The standard InChI is InChI=1S/C10H15BrN2O2.ClH/c1-15-6-4-7(9(13)2-3-12)10(14)8(11)5-6;/h4-5,9,14H,2-3,12-13H2,1H3;1H/t9-;/m1./s1. The molecule has 5 N–H and O–H groups in total. The molecular formula is C10H16BrClN2O2. The van der Waals surface area contributed by atoms with Gasteiger partial charge in [-0.3, -0.25) is 0 Å². The maximum Gasteiger partial charge on any atom is 0.134 e. The Morgan fingerprint density at radius 3 is 2.62 bits per heavy atom. The van der Waals surface area contributed by atoms with Gasteiger partial charge in [-0.05, 0) is 41.0 Å². The second kappa shape index (κ2) is 6.96. The molecule has 0 aromatic heterocycles. The van der Waals surface area contributed by atoms with Gasteiger partial charge in [0.1, 0.15) is 11.5 Å². The summed E-state index contributed by atoms with van der Waals surface area (Å²) in [5.41, 5.74) is 11.9. The van der Waals surface area contributed by atoms with Crippen LogP contribution in [-0.4, -0.2) is 18.8 Å². The van der Waals surface area contributed by atoms with Crippen LogP contribution in [-0.2, 0) is 0 Å². The van der Waals surface area contributed by atoms with Crippen LogP contribution in [0.25, 0.3) is 0 Å². The average Bonchev–Trinajstić information content (AvgIpc) is 2.22. The van der Waals surface area contributed by atoms with Gasteiger partial charge < -0.3 is 21.3 Å². The van der Waals surface area contributed by atoms with E-state index in [0.717, 1.165) is 0 Å². The number of ether oxygens (including phenoxy) is 1. The van der Waals surface area contributed by atoms with Crippen molar-refractivity contribution in [1.29, 1.82) is 0 Å². The molecule has 0 fully saturated rings. The molecule has 0 spiro atoms. The molecule has 0 aliphatic rings. The number of methoxy groups -OCH3 is 1. The van der Waals surface area contributed by atoms with Gasteiger partial charge in [-0.25, -0.2) is 0 Å². The molecule has 1 aromatic carbocycles. The third-order valence-corrected chi connectivity index (χ3v) is 2.78. The van der Waals surface area contributed by atoms with E-state index in [4.69, 9.17) is 16.2 Å². The monoisotopic (exact) mass is 310 g/mol. The van der Waals surface area contributed by atoms with Crippen molar-refractivity contribution in [1.82, 2.24) is 0 Å². The van der Waals surface area contributed by atoms with E-state index in [2.05, 4.69) is 15.9 Å². The fourth-order valence-corrected chi connectivity index (χ4v) is 1.78. The molecule has 0 saturated heterocycles. The first-order valence-electron chi connectivity index (χ1n) is 4.62. The van der Waals surface area contributed by atoms with Crippen LogP contribution in [0.3, 0.4) is 0 Å². The zero-order valence-electron chi connectivity index (χ0n) is 8.94. The molecule has 0 saturated carbocycles. The predicted octanol–water partition coefficient (Wildman–Crippen LogP) is 1.93. The van der Waals surface area contributed by atoms with Crippen molar-refractivity contribution < 1.29 is 9.84 Å². The van der Waals surface area contributed by atoms with Gasteiger partial charge in [-0.1, -0.05) is 0 Å². The second-order valence-electron chi connectivity index (χ2n) is 3.23. The van der Waals surface area contributed by atoms with E-state index in [1.807, 2.05) is 0 Å². The van der Waals surface area contributed by atoms with Crippen LogP contribution >= 0.6 is 28.3 Å². The molecule has 0 unspecified atom stereocenters. The lowest BCUT2D eigenvalue weighted by atomic mass is 10.0. The van der Waals surface area contributed by atoms with Gasteiger partial charge in [0.25, 0.3) is 0 Å². The molecule has 4 nitrogen and oxygen atoms in total. The third kappa shape index (κ3) is 3.52. The summed E-state index contributed by atoms with van der Waals surface area (Å²) in [4.78, 5) is 0. The van der Waals surface area contributed by atoms with E-state index in [-0.39, 0.29) is 24.2 Å². The quantitative estimate of drug-likeness (QED) is 0.793. The molecule has 92 valence electrons. The predicted molar refractivity (Wildman–Crippen MR) is 70.2 cm³/mol. The van der Waals surface area contributed by atoms with Gasteiger partial charge in [-0.2, -0.15) is 0 Å². The minimum atomic E-state index is -0.276. The number of benzene rings is 1. The highest BCUT2D eigenvalue weighted by molar-refractivity contribution is 9.10. The largest absolute Gasteiger partial charge is 0.506 e. The summed E-state index contributed by atoms with van der Waals surface area (Å²) in [5, 5.41) is 9.79. The van der Waals surface area contributed by atoms with E-state index < -0.39 is 0 Å². The molecule has 0 radical (unpaired) electrons. The summed E-state index contributed by atoms with van der Waals surface area (Å²) >= 11 is 3.24. The van der Waals surface area contributed by atoms with Crippen LogP contribution in [0.2, 0.25) is 0 Å². The van der Waals surface area contributed by atoms with E-state index in [0.29, 0.717) is 28.8 Å². The van der Waals surface area contributed by atoms with Crippen LogP contribution in [0.5, 0.6) is 11.5 Å². The lowest BCUT2D eigenvalue weighted by Gasteiger charge is -2.15. The average molecular weight is 312 g/mol. The number of phenolic OH excluding ortho intramolecular Hbond substituents is 1. The summed E-state index contributed by atoms with van der Waals surface area (Å²) in [6.45, 7) is 0.482. The molecule has 1 rings (SSSR count). The first-order valence-corrected chi connectivity index (χ1v) is 5.41. The summed E-state index contributed by atoms with van der Waals surface area (Å²) in [5.74, 6) is 0.805. The van der Waals surface area contributed by atoms with E-state index in [1.165, 1.54) is 0 Å². The van der Waals surface area contributed by atoms with Gasteiger partial charge in [0.2, 0.25) is 0 Å². The highest BCUT2D eigenvalue weighted by Crippen LogP contribution is 2.36. The smallest absolute Gasteiger partial charge is 0.134 e. The summed E-state index contributed by atoms with van der Waals surface area (Å²) in [6.07, 6.45) is 0.618. The first-order chi connectivity index (χ1) is 7.10. The van der Waals surface area contributed by atoms with Crippen LogP contribution in [0.1, 0.15) is 18.0 Å². The van der Waals surface area contributed by atoms with Crippen LogP contribution in [0.4, 0.5) is 0 Å². The Morgan fingerprint density at radius 2 is 2.12 bits per heavy atom. The van der Waals surface area contributed by atoms with Gasteiger partial charge in [0, 0.05) is 11.6 Å². The normalized spacial score (nSPS) is 11.8. The fourth-order valence-electron chi connectivity index (χ4n) is 1.33. The fraction of sp³-hybridized carbons (Fsp3) is 0.400. The number of halogens is 2.